The van der Waals surface area contributed by atoms with Crippen molar-refractivity contribution >= 4 is 23.4 Å². The summed E-state index contributed by atoms with van der Waals surface area (Å²) in [6.45, 7) is 2.15. The molecule has 0 aliphatic rings. The fourth-order valence-corrected chi connectivity index (χ4v) is 2.90. The SMILES string of the molecule is CCOC(=O)CSc1nnc(-c2ccccc2)n1Nc1ccccc1. The second-order valence-electron chi connectivity index (χ2n) is 5.08. The molecular weight excluding hydrogens is 336 g/mol. The van der Waals surface area contributed by atoms with Gasteiger partial charge in [0.15, 0.2) is 5.82 Å². The third-order valence-electron chi connectivity index (χ3n) is 3.30. The number of carbonyl (C=O) groups is 1. The smallest absolute Gasteiger partial charge is 0.316 e. The van der Waals surface area contributed by atoms with Gasteiger partial charge in [-0.3, -0.25) is 10.2 Å². The molecule has 0 atom stereocenters. The van der Waals surface area contributed by atoms with Crippen LogP contribution in [-0.2, 0) is 9.53 Å². The van der Waals surface area contributed by atoms with E-state index in [1.807, 2.05) is 60.7 Å². The maximum atomic E-state index is 11.6. The van der Waals surface area contributed by atoms with Gasteiger partial charge in [0.05, 0.1) is 18.0 Å². The number of esters is 1. The number of nitrogens with zero attached hydrogens (tertiary/aromatic N) is 3. The van der Waals surface area contributed by atoms with Crippen molar-refractivity contribution in [1.82, 2.24) is 14.9 Å². The Labute approximate surface area is 150 Å². The van der Waals surface area contributed by atoms with E-state index in [1.165, 1.54) is 11.8 Å². The summed E-state index contributed by atoms with van der Waals surface area (Å²) in [4.78, 5) is 11.6. The highest BCUT2D eigenvalue weighted by Crippen LogP contribution is 2.24. The molecule has 2 aromatic carbocycles. The molecule has 0 amide bonds. The summed E-state index contributed by atoms with van der Waals surface area (Å²) >= 11 is 1.28. The Morgan fingerprint density at radius 3 is 2.44 bits per heavy atom. The van der Waals surface area contributed by atoms with Crippen LogP contribution in [-0.4, -0.2) is 33.2 Å². The molecule has 0 saturated heterocycles. The Balaban J connectivity index is 1.89. The van der Waals surface area contributed by atoms with Crippen LogP contribution in [0.15, 0.2) is 65.8 Å². The molecule has 1 heterocycles. The maximum absolute atomic E-state index is 11.6. The topological polar surface area (TPSA) is 69.0 Å². The molecule has 0 spiro atoms. The van der Waals surface area contributed by atoms with E-state index in [1.54, 1.807) is 11.6 Å². The molecule has 25 heavy (non-hydrogen) atoms. The highest BCUT2D eigenvalue weighted by atomic mass is 32.2. The molecule has 0 aliphatic carbocycles. The summed E-state index contributed by atoms with van der Waals surface area (Å²) in [6.07, 6.45) is 0. The van der Waals surface area contributed by atoms with Crippen molar-refractivity contribution in [3.8, 4) is 11.4 Å². The number of nitrogens with one attached hydrogen (secondary N) is 1. The molecular formula is C18H18N4O2S. The fourth-order valence-electron chi connectivity index (χ4n) is 2.21. The lowest BCUT2D eigenvalue weighted by Gasteiger charge is -2.12. The van der Waals surface area contributed by atoms with Crippen LogP contribution < -0.4 is 5.43 Å². The second-order valence-corrected chi connectivity index (χ2v) is 6.02. The monoisotopic (exact) mass is 354 g/mol. The normalized spacial score (nSPS) is 10.4. The molecule has 0 saturated carbocycles. The van der Waals surface area contributed by atoms with Gasteiger partial charge in [-0.1, -0.05) is 60.3 Å². The maximum Gasteiger partial charge on any atom is 0.316 e. The van der Waals surface area contributed by atoms with Gasteiger partial charge >= 0.3 is 5.97 Å². The largest absolute Gasteiger partial charge is 0.465 e. The average molecular weight is 354 g/mol. The minimum atomic E-state index is -0.275. The Hall–Kier alpha value is -2.80. The first-order chi connectivity index (χ1) is 12.3. The highest BCUT2D eigenvalue weighted by molar-refractivity contribution is 7.99. The second kappa shape index (κ2) is 8.34. The zero-order chi connectivity index (χ0) is 17.5. The van der Waals surface area contributed by atoms with Gasteiger partial charge in [-0.2, -0.15) is 0 Å². The summed E-state index contributed by atoms with van der Waals surface area (Å²) in [5.41, 5.74) is 5.13. The Morgan fingerprint density at radius 1 is 1.08 bits per heavy atom. The van der Waals surface area contributed by atoms with E-state index in [0.717, 1.165) is 11.3 Å². The third-order valence-corrected chi connectivity index (χ3v) is 4.21. The van der Waals surface area contributed by atoms with Gasteiger partial charge in [0, 0.05) is 5.56 Å². The van der Waals surface area contributed by atoms with Crippen LogP contribution in [0.1, 0.15) is 6.92 Å². The van der Waals surface area contributed by atoms with Crippen molar-refractivity contribution < 1.29 is 9.53 Å². The van der Waals surface area contributed by atoms with Crippen LogP contribution in [0.3, 0.4) is 0 Å². The van der Waals surface area contributed by atoms with Crippen molar-refractivity contribution in [1.29, 1.82) is 0 Å². The number of ether oxygens (including phenoxy) is 1. The van der Waals surface area contributed by atoms with Crippen LogP contribution in [0, 0.1) is 0 Å². The van der Waals surface area contributed by atoms with Gasteiger partial charge in [-0.05, 0) is 19.1 Å². The molecule has 6 nitrogen and oxygen atoms in total. The van der Waals surface area contributed by atoms with Crippen LogP contribution in [0.2, 0.25) is 0 Å². The number of aromatic nitrogens is 3. The minimum absolute atomic E-state index is 0.178. The quantitative estimate of drug-likeness (QED) is 0.517. The molecule has 1 N–H and O–H groups in total. The number of para-hydroxylation sites is 1. The standard InChI is InChI=1S/C18H18N4O2S/c1-2-24-16(23)13-25-18-20-19-17(14-9-5-3-6-10-14)22(18)21-15-11-7-4-8-12-15/h3-12,21H,2,13H2,1H3. The van der Waals surface area contributed by atoms with Crippen molar-refractivity contribution in [3.63, 3.8) is 0 Å². The summed E-state index contributed by atoms with van der Waals surface area (Å²) in [5.74, 6) is 0.580. The third kappa shape index (κ3) is 4.39. The average Bonchev–Trinajstić information content (AvgIpc) is 3.04. The lowest BCUT2D eigenvalue weighted by atomic mass is 10.2. The van der Waals surface area contributed by atoms with Gasteiger partial charge in [0.2, 0.25) is 5.16 Å². The predicted molar refractivity (Wildman–Crippen MR) is 98.3 cm³/mol. The molecule has 0 radical (unpaired) electrons. The van der Waals surface area contributed by atoms with E-state index in [-0.39, 0.29) is 11.7 Å². The van der Waals surface area contributed by atoms with Gasteiger partial charge in [-0.15, -0.1) is 10.2 Å². The van der Waals surface area contributed by atoms with Crippen LogP contribution in [0.25, 0.3) is 11.4 Å². The molecule has 1 aromatic heterocycles. The summed E-state index contributed by atoms with van der Waals surface area (Å²) in [6, 6.07) is 19.5. The van der Waals surface area contributed by atoms with E-state index in [4.69, 9.17) is 4.74 Å². The number of carbonyl (C=O) groups excluding carboxylic acids is 1. The first-order valence-corrected chi connectivity index (χ1v) is 8.88. The summed E-state index contributed by atoms with van der Waals surface area (Å²) in [5, 5.41) is 9.10. The van der Waals surface area contributed by atoms with Crippen LogP contribution in [0.5, 0.6) is 0 Å². The first-order valence-electron chi connectivity index (χ1n) is 7.89. The molecule has 0 bridgehead atoms. The van der Waals surface area contributed by atoms with E-state index in [9.17, 15) is 4.79 Å². The van der Waals surface area contributed by atoms with Crippen molar-refractivity contribution in [2.45, 2.75) is 12.1 Å². The number of benzene rings is 2. The molecule has 0 aliphatic heterocycles. The number of thioether (sulfide) groups is 1. The van der Waals surface area contributed by atoms with E-state index in [2.05, 4.69) is 15.6 Å². The van der Waals surface area contributed by atoms with Crippen molar-refractivity contribution in [2.24, 2.45) is 0 Å². The summed E-state index contributed by atoms with van der Waals surface area (Å²) in [7, 11) is 0. The number of rotatable bonds is 7. The van der Waals surface area contributed by atoms with Crippen molar-refractivity contribution in [3.05, 3.63) is 60.7 Å². The van der Waals surface area contributed by atoms with Crippen molar-refractivity contribution in [2.75, 3.05) is 17.8 Å². The van der Waals surface area contributed by atoms with Gasteiger partial charge in [0.1, 0.15) is 0 Å². The van der Waals surface area contributed by atoms with Gasteiger partial charge < -0.3 is 4.74 Å². The summed E-state index contributed by atoms with van der Waals surface area (Å²) < 4.78 is 6.76. The van der Waals surface area contributed by atoms with E-state index < -0.39 is 0 Å². The predicted octanol–water partition coefficient (Wildman–Crippen LogP) is 3.48. The highest BCUT2D eigenvalue weighted by Gasteiger charge is 2.16. The molecule has 7 heteroatoms. The van der Waals surface area contributed by atoms with Gasteiger partial charge in [0.25, 0.3) is 0 Å². The Morgan fingerprint density at radius 2 is 1.76 bits per heavy atom. The molecule has 128 valence electrons. The lowest BCUT2D eigenvalue weighted by Crippen LogP contribution is -2.13. The number of hydrogen-bond acceptors (Lipinski definition) is 6. The number of anilines is 1. The van der Waals surface area contributed by atoms with E-state index >= 15 is 0 Å². The molecule has 3 rings (SSSR count). The molecule has 0 fully saturated rings. The molecule has 0 unspecified atom stereocenters. The lowest BCUT2D eigenvalue weighted by molar-refractivity contribution is -0.139. The molecule has 3 aromatic rings. The number of hydrogen-bond donors (Lipinski definition) is 1. The van der Waals surface area contributed by atoms with Crippen LogP contribution in [0.4, 0.5) is 5.69 Å². The fraction of sp³-hybridized carbons (Fsp3) is 0.167. The van der Waals surface area contributed by atoms with E-state index in [0.29, 0.717) is 17.6 Å². The van der Waals surface area contributed by atoms with Gasteiger partial charge in [-0.25, -0.2) is 4.68 Å². The minimum Gasteiger partial charge on any atom is -0.465 e. The Kier molecular flexibility index (Phi) is 5.69. The first kappa shape index (κ1) is 17.0. The Bertz CT molecular complexity index is 822. The zero-order valence-corrected chi connectivity index (χ0v) is 14.6. The zero-order valence-electron chi connectivity index (χ0n) is 13.8. The van der Waals surface area contributed by atoms with Crippen LogP contribution >= 0.6 is 11.8 Å².